The standard InChI is InChI=1S/C14H14O2/c1-10(15)9-14(16)13-8-4-6-11-5-2-3-7-12(11)13/h2-8,14,16H,9H2,1H3/t14-/m0/s1. The molecule has 0 aliphatic carbocycles. The molecule has 0 spiro atoms. The number of hydrogen-bond acceptors (Lipinski definition) is 2. The topological polar surface area (TPSA) is 37.3 Å². The van der Waals surface area contributed by atoms with Gasteiger partial charge in [-0.3, -0.25) is 4.79 Å². The van der Waals surface area contributed by atoms with Gasteiger partial charge in [0.05, 0.1) is 6.10 Å². The molecule has 0 aliphatic rings. The molecular formula is C14H14O2. The van der Waals surface area contributed by atoms with E-state index in [0.717, 1.165) is 16.3 Å². The molecule has 0 aliphatic heterocycles. The summed E-state index contributed by atoms with van der Waals surface area (Å²) in [4.78, 5) is 11.0. The Balaban J connectivity index is 2.47. The number of ketones is 1. The second-order valence-electron chi connectivity index (χ2n) is 3.99. The summed E-state index contributed by atoms with van der Waals surface area (Å²) < 4.78 is 0. The van der Waals surface area contributed by atoms with E-state index in [1.165, 1.54) is 6.92 Å². The fraction of sp³-hybridized carbons (Fsp3) is 0.214. The fourth-order valence-electron chi connectivity index (χ4n) is 1.92. The number of carbonyl (C=O) groups excluding carboxylic acids is 1. The average molecular weight is 214 g/mol. The van der Waals surface area contributed by atoms with E-state index in [1.54, 1.807) is 0 Å². The molecule has 2 rings (SSSR count). The second-order valence-corrected chi connectivity index (χ2v) is 3.99. The summed E-state index contributed by atoms with van der Waals surface area (Å²) in [6.45, 7) is 1.49. The Morgan fingerprint density at radius 3 is 2.62 bits per heavy atom. The van der Waals surface area contributed by atoms with Crippen molar-refractivity contribution in [3.8, 4) is 0 Å². The molecule has 1 atom stereocenters. The Morgan fingerprint density at radius 2 is 1.88 bits per heavy atom. The van der Waals surface area contributed by atoms with Gasteiger partial charge < -0.3 is 5.11 Å². The highest BCUT2D eigenvalue weighted by Gasteiger charge is 2.12. The van der Waals surface area contributed by atoms with Crippen LogP contribution in [0.25, 0.3) is 10.8 Å². The molecule has 2 aromatic carbocycles. The number of fused-ring (bicyclic) bond motifs is 1. The Labute approximate surface area is 94.5 Å². The summed E-state index contributed by atoms with van der Waals surface area (Å²) >= 11 is 0. The number of rotatable bonds is 3. The zero-order chi connectivity index (χ0) is 11.5. The van der Waals surface area contributed by atoms with Gasteiger partial charge in [-0.25, -0.2) is 0 Å². The number of hydrogen-bond donors (Lipinski definition) is 1. The first-order valence-corrected chi connectivity index (χ1v) is 5.33. The van der Waals surface area contributed by atoms with Gasteiger partial charge in [-0.15, -0.1) is 0 Å². The van der Waals surface area contributed by atoms with Gasteiger partial charge >= 0.3 is 0 Å². The first-order valence-electron chi connectivity index (χ1n) is 5.33. The van der Waals surface area contributed by atoms with Crippen molar-refractivity contribution in [2.24, 2.45) is 0 Å². The van der Waals surface area contributed by atoms with Crippen molar-refractivity contribution in [2.75, 3.05) is 0 Å². The van der Waals surface area contributed by atoms with Gasteiger partial charge in [0.1, 0.15) is 5.78 Å². The highest BCUT2D eigenvalue weighted by molar-refractivity contribution is 5.86. The van der Waals surface area contributed by atoms with Crippen LogP contribution in [0.2, 0.25) is 0 Å². The van der Waals surface area contributed by atoms with E-state index in [4.69, 9.17) is 0 Å². The van der Waals surface area contributed by atoms with Gasteiger partial charge in [-0.2, -0.15) is 0 Å². The van der Waals surface area contributed by atoms with Crippen LogP contribution in [0.1, 0.15) is 25.0 Å². The number of Topliss-reactive ketones (excluding diaryl/α,β-unsaturated/α-hetero) is 1. The summed E-state index contributed by atoms with van der Waals surface area (Å²) in [7, 11) is 0. The van der Waals surface area contributed by atoms with Crippen LogP contribution in [0.5, 0.6) is 0 Å². The molecule has 2 aromatic rings. The number of benzene rings is 2. The minimum atomic E-state index is -0.705. The summed E-state index contributed by atoms with van der Waals surface area (Å²) in [5.74, 6) is 0.000402. The molecule has 0 bridgehead atoms. The molecule has 0 radical (unpaired) electrons. The molecule has 0 saturated heterocycles. The van der Waals surface area contributed by atoms with Crippen molar-refractivity contribution in [2.45, 2.75) is 19.4 Å². The van der Waals surface area contributed by atoms with Crippen LogP contribution >= 0.6 is 0 Å². The maximum Gasteiger partial charge on any atom is 0.132 e. The van der Waals surface area contributed by atoms with E-state index >= 15 is 0 Å². The van der Waals surface area contributed by atoms with Gasteiger partial charge in [-0.1, -0.05) is 42.5 Å². The molecule has 16 heavy (non-hydrogen) atoms. The van der Waals surface area contributed by atoms with Crippen molar-refractivity contribution >= 4 is 16.6 Å². The maximum absolute atomic E-state index is 11.0. The average Bonchev–Trinajstić information content (AvgIpc) is 2.27. The molecular weight excluding hydrogens is 200 g/mol. The molecule has 0 saturated carbocycles. The van der Waals surface area contributed by atoms with Crippen molar-refractivity contribution < 1.29 is 9.90 Å². The van der Waals surface area contributed by atoms with Crippen LogP contribution in [-0.2, 0) is 4.79 Å². The maximum atomic E-state index is 11.0. The number of aliphatic hydroxyl groups excluding tert-OH is 1. The highest BCUT2D eigenvalue weighted by Crippen LogP contribution is 2.26. The molecule has 1 N–H and O–H groups in total. The van der Waals surface area contributed by atoms with E-state index in [0.29, 0.717) is 0 Å². The summed E-state index contributed by atoms with van der Waals surface area (Å²) in [6.07, 6.45) is -0.530. The van der Waals surface area contributed by atoms with Gasteiger partial charge in [0.15, 0.2) is 0 Å². The zero-order valence-corrected chi connectivity index (χ0v) is 9.18. The second kappa shape index (κ2) is 4.45. The quantitative estimate of drug-likeness (QED) is 0.853. The predicted molar refractivity (Wildman–Crippen MR) is 64.2 cm³/mol. The van der Waals surface area contributed by atoms with Crippen LogP contribution in [0.4, 0.5) is 0 Å². The lowest BCUT2D eigenvalue weighted by atomic mass is 9.98. The molecule has 0 amide bonds. The van der Waals surface area contributed by atoms with E-state index in [9.17, 15) is 9.90 Å². The molecule has 0 fully saturated rings. The lowest BCUT2D eigenvalue weighted by Crippen LogP contribution is -2.03. The highest BCUT2D eigenvalue weighted by atomic mass is 16.3. The fourth-order valence-corrected chi connectivity index (χ4v) is 1.92. The Kier molecular flexibility index (Phi) is 3.02. The number of aliphatic hydroxyl groups is 1. The van der Waals surface area contributed by atoms with Gasteiger partial charge in [0, 0.05) is 6.42 Å². The minimum absolute atomic E-state index is 0.000402. The third kappa shape index (κ3) is 2.12. The molecule has 0 heterocycles. The molecule has 0 aromatic heterocycles. The van der Waals surface area contributed by atoms with E-state index in [1.807, 2.05) is 42.5 Å². The van der Waals surface area contributed by atoms with Gasteiger partial charge in [0.2, 0.25) is 0 Å². The Morgan fingerprint density at radius 1 is 1.19 bits per heavy atom. The number of carbonyl (C=O) groups is 1. The largest absolute Gasteiger partial charge is 0.388 e. The van der Waals surface area contributed by atoms with E-state index in [-0.39, 0.29) is 12.2 Å². The lowest BCUT2D eigenvalue weighted by molar-refractivity contribution is -0.118. The Bertz CT molecular complexity index is 512. The first-order chi connectivity index (χ1) is 7.68. The summed E-state index contributed by atoms with van der Waals surface area (Å²) in [6, 6.07) is 13.6. The van der Waals surface area contributed by atoms with Crippen LogP contribution in [0, 0.1) is 0 Å². The molecule has 0 unspecified atom stereocenters. The van der Waals surface area contributed by atoms with Crippen molar-refractivity contribution in [3.05, 3.63) is 48.0 Å². The van der Waals surface area contributed by atoms with Crippen LogP contribution in [0.15, 0.2) is 42.5 Å². The van der Waals surface area contributed by atoms with Crippen LogP contribution < -0.4 is 0 Å². The minimum Gasteiger partial charge on any atom is -0.388 e. The monoisotopic (exact) mass is 214 g/mol. The zero-order valence-electron chi connectivity index (χ0n) is 9.18. The van der Waals surface area contributed by atoms with Gasteiger partial charge in [-0.05, 0) is 23.3 Å². The third-order valence-electron chi connectivity index (χ3n) is 2.66. The van der Waals surface area contributed by atoms with Crippen molar-refractivity contribution in [1.82, 2.24) is 0 Å². The third-order valence-corrected chi connectivity index (χ3v) is 2.66. The molecule has 2 nitrogen and oxygen atoms in total. The smallest absolute Gasteiger partial charge is 0.132 e. The first kappa shape index (κ1) is 10.8. The van der Waals surface area contributed by atoms with Crippen LogP contribution in [0.3, 0.4) is 0 Å². The molecule has 2 heteroatoms. The van der Waals surface area contributed by atoms with E-state index in [2.05, 4.69) is 0 Å². The van der Waals surface area contributed by atoms with E-state index < -0.39 is 6.10 Å². The van der Waals surface area contributed by atoms with Crippen LogP contribution in [-0.4, -0.2) is 10.9 Å². The summed E-state index contributed by atoms with van der Waals surface area (Å²) in [5, 5.41) is 12.1. The van der Waals surface area contributed by atoms with Gasteiger partial charge in [0.25, 0.3) is 0 Å². The Hall–Kier alpha value is -1.67. The predicted octanol–water partition coefficient (Wildman–Crippen LogP) is 2.85. The van der Waals surface area contributed by atoms with Crippen molar-refractivity contribution in [1.29, 1.82) is 0 Å². The molecule has 82 valence electrons. The SMILES string of the molecule is CC(=O)C[C@H](O)c1cccc2ccccc12. The summed E-state index contributed by atoms with van der Waals surface area (Å²) in [5.41, 5.74) is 0.827. The lowest BCUT2D eigenvalue weighted by Gasteiger charge is -2.12. The normalized spacial score (nSPS) is 12.6. The van der Waals surface area contributed by atoms with Crippen molar-refractivity contribution in [3.63, 3.8) is 0 Å².